The average molecular weight is 539 g/mol. The van der Waals surface area contributed by atoms with Crippen molar-refractivity contribution in [3.63, 3.8) is 0 Å². The molecule has 1 aliphatic heterocycles. The van der Waals surface area contributed by atoms with E-state index in [9.17, 15) is 22.0 Å². The number of hydrogen-bond acceptors (Lipinski definition) is 7. The highest BCUT2D eigenvalue weighted by Crippen LogP contribution is 2.32. The number of thiazole rings is 1. The van der Waals surface area contributed by atoms with Gasteiger partial charge in [-0.2, -0.15) is 4.31 Å². The molecule has 194 valence electrons. The van der Waals surface area contributed by atoms with Gasteiger partial charge in [-0.3, -0.25) is 9.69 Å². The molecular formula is C24H28F2N4O4S2. The van der Waals surface area contributed by atoms with Gasteiger partial charge in [-0.15, -0.1) is 0 Å². The van der Waals surface area contributed by atoms with Crippen molar-refractivity contribution in [2.24, 2.45) is 0 Å². The fourth-order valence-corrected chi connectivity index (χ4v) is 6.67. The summed E-state index contributed by atoms with van der Waals surface area (Å²) in [5.41, 5.74) is 0.247. The minimum Gasteiger partial charge on any atom is -0.373 e. The highest BCUT2D eigenvalue weighted by Gasteiger charge is 2.32. The van der Waals surface area contributed by atoms with Crippen molar-refractivity contribution in [1.82, 2.24) is 14.2 Å². The van der Waals surface area contributed by atoms with Crippen LogP contribution in [0.15, 0.2) is 41.3 Å². The zero-order chi connectivity index (χ0) is 26.2. The zero-order valence-corrected chi connectivity index (χ0v) is 22.1. The number of nitrogens with zero attached hydrogens (tertiary/aromatic N) is 4. The van der Waals surface area contributed by atoms with Gasteiger partial charge in [-0.1, -0.05) is 11.3 Å². The fraction of sp³-hybridized carbons (Fsp3) is 0.417. The lowest BCUT2D eigenvalue weighted by Gasteiger charge is -2.34. The fourth-order valence-electron chi connectivity index (χ4n) is 4.05. The van der Waals surface area contributed by atoms with E-state index < -0.39 is 27.6 Å². The summed E-state index contributed by atoms with van der Waals surface area (Å²) >= 11 is 1.02. The van der Waals surface area contributed by atoms with Crippen LogP contribution in [0, 0.1) is 11.6 Å². The van der Waals surface area contributed by atoms with Crippen LogP contribution in [0.2, 0.25) is 0 Å². The van der Waals surface area contributed by atoms with E-state index >= 15 is 0 Å². The molecule has 0 bridgehead atoms. The molecule has 1 amide bonds. The second-order valence-corrected chi connectivity index (χ2v) is 12.0. The minimum atomic E-state index is -3.76. The Morgan fingerprint density at radius 3 is 2.36 bits per heavy atom. The number of benzene rings is 2. The Kier molecular flexibility index (Phi) is 7.72. The number of morpholine rings is 1. The molecule has 1 aliphatic rings. The molecular weight excluding hydrogens is 510 g/mol. The Balaban J connectivity index is 1.63. The molecule has 4 rings (SSSR count). The highest BCUT2D eigenvalue weighted by atomic mass is 32.2. The largest absolute Gasteiger partial charge is 0.373 e. The molecule has 12 heteroatoms. The summed E-state index contributed by atoms with van der Waals surface area (Å²) in [5.74, 6) is -1.94. The molecule has 0 spiro atoms. The minimum absolute atomic E-state index is 0.00513. The van der Waals surface area contributed by atoms with Crippen LogP contribution in [0.4, 0.5) is 13.9 Å². The number of carbonyl (C=O) groups is 1. The summed E-state index contributed by atoms with van der Waals surface area (Å²) in [7, 11) is -0.0556. The topological polar surface area (TPSA) is 83.1 Å². The summed E-state index contributed by atoms with van der Waals surface area (Å²) < 4.78 is 61.5. The number of sulfonamides is 1. The molecule has 1 aromatic heterocycles. The first-order valence-electron chi connectivity index (χ1n) is 11.4. The van der Waals surface area contributed by atoms with Gasteiger partial charge in [0.15, 0.2) is 10.9 Å². The first-order valence-corrected chi connectivity index (χ1v) is 13.7. The number of ether oxygens (including phenoxy) is 1. The van der Waals surface area contributed by atoms with Gasteiger partial charge in [0, 0.05) is 37.8 Å². The van der Waals surface area contributed by atoms with Crippen molar-refractivity contribution in [1.29, 1.82) is 0 Å². The van der Waals surface area contributed by atoms with Crippen LogP contribution in [0.25, 0.3) is 10.2 Å². The lowest BCUT2D eigenvalue weighted by Crippen LogP contribution is -2.48. The number of likely N-dealkylation sites (N-methyl/N-ethyl adjacent to an activating group) is 1. The second kappa shape index (κ2) is 10.5. The van der Waals surface area contributed by atoms with E-state index in [2.05, 4.69) is 4.98 Å². The normalized spacial score (nSPS) is 19.2. The summed E-state index contributed by atoms with van der Waals surface area (Å²) in [5, 5.41) is 0.231. The first-order chi connectivity index (χ1) is 17.0. The third-order valence-corrected chi connectivity index (χ3v) is 8.65. The van der Waals surface area contributed by atoms with E-state index in [1.807, 2.05) is 32.8 Å². The third kappa shape index (κ3) is 5.57. The van der Waals surface area contributed by atoms with E-state index in [4.69, 9.17) is 4.74 Å². The van der Waals surface area contributed by atoms with Gasteiger partial charge in [0.05, 0.1) is 21.8 Å². The molecule has 2 aromatic carbocycles. The molecule has 3 aromatic rings. The van der Waals surface area contributed by atoms with Gasteiger partial charge in [0.25, 0.3) is 5.91 Å². The Labute approximate surface area is 213 Å². The number of fused-ring (bicyclic) bond motifs is 1. The molecule has 0 radical (unpaired) electrons. The predicted molar refractivity (Wildman–Crippen MR) is 135 cm³/mol. The van der Waals surface area contributed by atoms with Gasteiger partial charge in [-0.25, -0.2) is 22.2 Å². The number of anilines is 1. The molecule has 0 unspecified atom stereocenters. The van der Waals surface area contributed by atoms with Crippen molar-refractivity contribution in [3.8, 4) is 0 Å². The van der Waals surface area contributed by atoms with Crippen molar-refractivity contribution < 1.29 is 26.7 Å². The van der Waals surface area contributed by atoms with Crippen LogP contribution in [-0.2, 0) is 14.8 Å². The molecule has 2 atom stereocenters. The van der Waals surface area contributed by atoms with E-state index in [0.29, 0.717) is 11.2 Å². The van der Waals surface area contributed by atoms with Crippen LogP contribution in [0.1, 0.15) is 24.2 Å². The Morgan fingerprint density at radius 2 is 1.75 bits per heavy atom. The van der Waals surface area contributed by atoms with Gasteiger partial charge in [0.1, 0.15) is 11.3 Å². The third-order valence-electron chi connectivity index (χ3n) is 5.77. The molecule has 1 fully saturated rings. The predicted octanol–water partition coefficient (Wildman–Crippen LogP) is 3.58. The van der Waals surface area contributed by atoms with Gasteiger partial charge in [-0.05, 0) is 58.3 Å². The van der Waals surface area contributed by atoms with Crippen molar-refractivity contribution >= 4 is 42.6 Å². The SMILES string of the molecule is C[C@@H]1CN(S(=O)(=O)c2ccc(C(=O)N(CCN(C)C)c3nc4c(F)cc(F)cc4s3)cc2)C[C@@H](C)O1. The van der Waals surface area contributed by atoms with Crippen molar-refractivity contribution in [3.05, 3.63) is 53.6 Å². The average Bonchev–Trinajstić information content (AvgIpc) is 3.22. The molecule has 2 heterocycles. The Hall–Kier alpha value is -2.51. The lowest BCUT2D eigenvalue weighted by molar-refractivity contribution is -0.0440. The standard InChI is InChI=1S/C24H28F2N4O4S2/c1-15-13-29(14-16(2)34-15)36(32,33)19-7-5-17(6-8-19)23(31)30(10-9-28(3)4)24-27-22-20(26)11-18(25)12-21(22)35-24/h5-8,11-12,15-16H,9-10,13-14H2,1-4H3/t15-,16-/m1/s1. The number of amides is 1. The van der Waals surface area contributed by atoms with E-state index in [1.165, 1.54) is 39.5 Å². The molecule has 8 nitrogen and oxygen atoms in total. The van der Waals surface area contributed by atoms with Crippen LogP contribution in [0.3, 0.4) is 0 Å². The molecule has 0 N–H and O–H groups in total. The zero-order valence-electron chi connectivity index (χ0n) is 20.4. The summed E-state index contributed by atoms with van der Waals surface area (Å²) in [4.78, 5) is 21.1. The van der Waals surface area contributed by atoms with Gasteiger partial charge in [0.2, 0.25) is 10.0 Å². The van der Waals surface area contributed by atoms with Gasteiger partial charge >= 0.3 is 0 Å². The number of aromatic nitrogens is 1. The lowest BCUT2D eigenvalue weighted by atomic mass is 10.2. The quantitative estimate of drug-likeness (QED) is 0.457. The maximum absolute atomic E-state index is 14.2. The van der Waals surface area contributed by atoms with E-state index in [0.717, 1.165) is 17.4 Å². The monoisotopic (exact) mass is 538 g/mol. The van der Waals surface area contributed by atoms with Crippen LogP contribution < -0.4 is 4.90 Å². The Morgan fingerprint density at radius 1 is 1.11 bits per heavy atom. The Bertz CT molecular complexity index is 1350. The van der Waals surface area contributed by atoms with Crippen LogP contribution in [0.5, 0.6) is 0 Å². The van der Waals surface area contributed by atoms with Gasteiger partial charge < -0.3 is 9.64 Å². The number of rotatable bonds is 7. The maximum atomic E-state index is 14.2. The first kappa shape index (κ1) is 26.6. The summed E-state index contributed by atoms with van der Waals surface area (Å²) in [6.45, 7) is 4.90. The van der Waals surface area contributed by atoms with Crippen LogP contribution >= 0.6 is 11.3 Å². The number of hydrogen-bond donors (Lipinski definition) is 0. The number of carbonyl (C=O) groups excluding carboxylic acids is 1. The molecule has 36 heavy (non-hydrogen) atoms. The van der Waals surface area contributed by atoms with E-state index in [1.54, 1.807) is 0 Å². The second-order valence-electron chi connectivity index (χ2n) is 9.09. The highest BCUT2D eigenvalue weighted by molar-refractivity contribution is 7.89. The number of halogens is 2. The summed E-state index contributed by atoms with van der Waals surface area (Å²) in [6.07, 6.45) is -0.441. The van der Waals surface area contributed by atoms with Crippen molar-refractivity contribution in [2.75, 3.05) is 45.2 Å². The van der Waals surface area contributed by atoms with E-state index in [-0.39, 0.29) is 52.9 Å². The smallest absolute Gasteiger partial charge is 0.260 e. The molecule has 0 saturated carbocycles. The summed E-state index contributed by atoms with van der Waals surface area (Å²) in [6, 6.07) is 7.67. The molecule has 1 saturated heterocycles. The maximum Gasteiger partial charge on any atom is 0.260 e. The molecule has 0 aliphatic carbocycles. The van der Waals surface area contributed by atoms with Crippen LogP contribution in [-0.4, -0.2) is 81.0 Å². The van der Waals surface area contributed by atoms with Crippen molar-refractivity contribution in [2.45, 2.75) is 31.0 Å².